The van der Waals surface area contributed by atoms with E-state index in [0.29, 0.717) is 5.75 Å². The quantitative estimate of drug-likeness (QED) is 0.271. The van der Waals surface area contributed by atoms with Crippen LogP contribution in [-0.2, 0) is 21.0 Å². The topological polar surface area (TPSA) is 80.6 Å². The Morgan fingerprint density at radius 3 is 2.30 bits per heavy atom. The van der Waals surface area contributed by atoms with Crippen molar-refractivity contribution in [1.29, 1.82) is 0 Å². The summed E-state index contributed by atoms with van der Waals surface area (Å²) in [5, 5.41) is 12.9. The Balaban J connectivity index is 1.95. The summed E-state index contributed by atoms with van der Waals surface area (Å²) in [5.41, 5.74) is 1.32. The van der Waals surface area contributed by atoms with Crippen LogP contribution < -0.4 is 9.26 Å². The van der Waals surface area contributed by atoms with E-state index in [0.717, 1.165) is 16.9 Å². The van der Waals surface area contributed by atoms with E-state index < -0.39 is 15.1 Å². The molecule has 146 valence electrons. The number of benzene rings is 2. The van der Waals surface area contributed by atoms with E-state index in [4.69, 9.17) is 26.3 Å². The number of nitrogens with zero attached hydrogens (tertiary/aromatic N) is 2. The molecule has 2 aromatic rings. The minimum Gasteiger partial charge on any atom is -0.497 e. The van der Waals surface area contributed by atoms with Crippen LogP contribution in [0.1, 0.15) is 23.7 Å². The van der Waals surface area contributed by atoms with Crippen LogP contribution in [0.4, 0.5) is 0 Å². The Morgan fingerprint density at radius 1 is 1.15 bits per heavy atom. The molecule has 0 spiro atoms. The van der Waals surface area contributed by atoms with Gasteiger partial charge in [0, 0.05) is 7.05 Å². The summed E-state index contributed by atoms with van der Waals surface area (Å²) < 4.78 is 28.0. The SMILES string of the molecule is COc1ccc(/C=N/N(C)[PH](=S)Oc2ccc(C(C)[PH](=O)OO)cc2)cc1. The summed E-state index contributed by atoms with van der Waals surface area (Å²) in [4.78, 5) is 0. The smallest absolute Gasteiger partial charge is 0.231 e. The predicted molar refractivity (Wildman–Crippen MR) is 112 cm³/mol. The molecule has 3 unspecified atom stereocenters. The van der Waals surface area contributed by atoms with Crippen molar-refractivity contribution in [3.63, 3.8) is 0 Å². The van der Waals surface area contributed by atoms with Crippen LogP contribution in [0.3, 0.4) is 0 Å². The summed E-state index contributed by atoms with van der Waals surface area (Å²) in [7, 11) is -0.926. The molecule has 0 aliphatic carbocycles. The van der Waals surface area contributed by atoms with E-state index in [-0.39, 0.29) is 5.66 Å². The highest BCUT2D eigenvalue weighted by Gasteiger charge is 2.14. The van der Waals surface area contributed by atoms with Crippen molar-refractivity contribution in [2.75, 3.05) is 14.2 Å². The first kappa shape index (κ1) is 21.6. The van der Waals surface area contributed by atoms with E-state index in [2.05, 4.69) is 9.78 Å². The number of methoxy groups -OCH3 is 1. The highest BCUT2D eigenvalue weighted by Crippen LogP contribution is 2.41. The number of hydrogen-bond donors (Lipinski definition) is 1. The molecule has 0 saturated heterocycles. The zero-order chi connectivity index (χ0) is 19.8. The first-order valence-electron chi connectivity index (χ1n) is 8.03. The average molecular weight is 428 g/mol. The lowest BCUT2D eigenvalue weighted by Crippen LogP contribution is -2.03. The van der Waals surface area contributed by atoms with E-state index in [1.807, 2.05) is 24.3 Å². The molecular formula is C17H22N2O5P2S. The molecule has 0 aliphatic heterocycles. The Morgan fingerprint density at radius 2 is 1.74 bits per heavy atom. The van der Waals surface area contributed by atoms with Crippen LogP contribution in [0.2, 0.25) is 0 Å². The molecule has 7 nitrogen and oxygen atoms in total. The second-order valence-electron chi connectivity index (χ2n) is 5.61. The van der Waals surface area contributed by atoms with Gasteiger partial charge in [0.1, 0.15) is 11.5 Å². The van der Waals surface area contributed by atoms with Gasteiger partial charge in [-0.1, -0.05) is 12.1 Å². The van der Waals surface area contributed by atoms with Gasteiger partial charge in [-0.15, -0.1) is 0 Å². The van der Waals surface area contributed by atoms with Crippen LogP contribution in [-0.4, -0.2) is 30.4 Å². The predicted octanol–water partition coefficient (Wildman–Crippen LogP) is 4.57. The van der Waals surface area contributed by atoms with Crippen molar-refractivity contribution in [2.24, 2.45) is 5.10 Å². The molecule has 0 amide bonds. The maximum Gasteiger partial charge on any atom is 0.231 e. The summed E-state index contributed by atoms with van der Waals surface area (Å²) in [6.45, 7) is 1.72. The van der Waals surface area contributed by atoms with Gasteiger partial charge < -0.3 is 9.26 Å². The third-order valence-corrected chi connectivity index (χ3v) is 7.11. The fourth-order valence-corrected chi connectivity index (χ4v) is 3.77. The van der Waals surface area contributed by atoms with Crippen LogP contribution in [0, 0.1) is 0 Å². The Kier molecular flexibility index (Phi) is 8.48. The Labute approximate surface area is 164 Å². The summed E-state index contributed by atoms with van der Waals surface area (Å²) in [5.74, 6) is 1.39. The van der Waals surface area contributed by atoms with Gasteiger partial charge in [-0.25, -0.2) is 10.0 Å². The summed E-state index contributed by atoms with van der Waals surface area (Å²) >= 11 is 5.42. The molecule has 0 radical (unpaired) electrons. The van der Waals surface area contributed by atoms with Crippen molar-refractivity contribution in [1.82, 2.24) is 4.78 Å². The fourth-order valence-electron chi connectivity index (χ4n) is 2.10. The Bertz CT molecular complexity index is 815. The molecule has 1 N–H and O–H groups in total. The van der Waals surface area contributed by atoms with Gasteiger partial charge in [-0.2, -0.15) is 9.78 Å². The maximum absolute atomic E-state index is 11.5. The van der Waals surface area contributed by atoms with Crippen molar-refractivity contribution in [3.05, 3.63) is 59.7 Å². The van der Waals surface area contributed by atoms with Crippen LogP contribution in [0.15, 0.2) is 53.6 Å². The zero-order valence-electron chi connectivity index (χ0n) is 15.2. The molecule has 0 heterocycles. The molecule has 0 saturated carbocycles. The van der Waals surface area contributed by atoms with E-state index in [1.54, 1.807) is 56.3 Å². The fraction of sp³-hybridized carbons (Fsp3) is 0.235. The van der Waals surface area contributed by atoms with Gasteiger partial charge in [0.05, 0.1) is 19.0 Å². The standard InChI is InChI=1S/C17H22N2O5P2S/c1-13(25(21)24-20)15-6-10-17(11-7-15)23-26(27)19(2)18-12-14-4-8-16(22-3)9-5-14/h4-13,20,25-26H,1-3H3/b18-12+. The lowest BCUT2D eigenvalue weighted by molar-refractivity contribution is -0.131. The number of rotatable bonds is 9. The molecule has 2 rings (SSSR count). The van der Waals surface area contributed by atoms with E-state index >= 15 is 0 Å². The molecule has 10 heteroatoms. The molecular weight excluding hydrogens is 406 g/mol. The molecule has 27 heavy (non-hydrogen) atoms. The first-order chi connectivity index (χ1) is 12.9. The van der Waals surface area contributed by atoms with E-state index in [1.165, 1.54) is 0 Å². The van der Waals surface area contributed by atoms with Crippen LogP contribution >= 0.6 is 15.1 Å². The van der Waals surface area contributed by atoms with Gasteiger partial charge >= 0.3 is 0 Å². The van der Waals surface area contributed by atoms with Crippen LogP contribution in [0.5, 0.6) is 11.5 Å². The van der Waals surface area contributed by atoms with Crippen molar-refractivity contribution in [2.45, 2.75) is 12.6 Å². The largest absolute Gasteiger partial charge is 0.497 e. The number of hydrazone groups is 1. The van der Waals surface area contributed by atoms with Crippen molar-refractivity contribution >= 4 is 33.1 Å². The number of hydrogen-bond acceptors (Lipinski definition) is 7. The number of ether oxygens (including phenoxy) is 1. The Hall–Kier alpha value is -1.69. The first-order valence-corrected chi connectivity index (χ1v) is 11.9. The molecule has 2 aromatic carbocycles. The third kappa shape index (κ3) is 6.45. The minimum absolute atomic E-state index is 0.390. The second-order valence-corrected chi connectivity index (χ2v) is 9.73. The molecule has 3 atom stereocenters. The van der Waals surface area contributed by atoms with Crippen molar-refractivity contribution < 1.29 is 23.8 Å². The normalized spacial score (nSPS) is 14.5. The summed E-state index contributed by atoms with van der Waals surface area (Å²) in [6.07, 6.45) is 1.71. The summed E-state index contributed by atoms with van der Waals surface area (Å²) in [6, 6.07) is 14.5. The van der Waals surface area contributed by atoms with Gasteiger partial charge in [0.2, 0.25) is 15.1 Å². The molecule has 0 fully saturated rings. The molecule has 0 aliphatic rings. The minimum atomic E-state index is -2.53. The lowest BCUT2D eigenvalue weighted by Gasteiger charge is -2.17. The van der Waals surface area contributed by atoms with E-state index in [9.17, 15) is 4.57 Å². The second kappa shape index (κ2) is 10.6. The lowest BCUT2D eigenvalue weighted by atomic mass is 10.2. The van der Waals surface area contributed by atoms with Gasteiger partial charge in [0.15, 0.2) is 0 Å². The maximum atomic E-state index is 11.5. The molecule has 0 aromatic heterocycles. The molecule has 0 bridgehead atoms. The van der Waals surface area contributed by atoms with Gasteiger partial charge in [-0.3, -0.25) is 4.57 Å². The zero-order valence-corrected chi connectivity index (χ0v) is 18.0. The third-order valence-electron chi connectivity index (χ3n) is 3.79. The highest BCUT2D eigenvalue weighted by atomic mass is 32.4. The highest BCUT2D eigenvalue weighted by molar-refractivity contribution is 8.02. The van der Waals surface area contributed by atoms with Gasteiger partial charge in [0.25, 0.3) is 0 Å². The monoisotopic (exact) mass is 428 g/mol. The van der Waals surface area contributed by atoms with Gasteiger partial charge in [-0.05, 0) is 66.3 Å². The van der Waals surface area contributed by atoms with Crippen molar-refractivity contribution in [3.8, 4) is 11.5 Å². The van der Waals surface area contributed by atoms with Crippen LogP contribution in [0.25, 0.3) is 0 Å². The average Bonchev–Trinajstić information content (AvgIpc) is 2.71.